The quantitative estimate of drug-likeness (QED) is 0.800. The van der Waals surface area contributed by atoms with E-state index in [1.165, 1.54) is 17.0 Å². The number of pyridine rings is 1. The zero-order chi connectivity index (χ0) is 16.9. The van der Waals surface area contributed by atoms with Crippen molar-refractivity contribution in [2.75, 3.05) is 5.32 Å². The van der Waals surface area contributed by atoms with Gasteiger partial charge in [0.1, 0.15) is 12.4 Å². The Labute approximate surface area is 138 Å². The van der Waals surface area contributed by atoms with Crippen LogP contribution in [0.25, 0.3) is 11.3 Å². The summed E-state index contributed by atoms with van der Waals surface area (Å²) in [5.74, 6) is 0.112. The van der Waals surface area contributed by atoms with E-state index in [9.17, 15) is 9.59 Å². The number of rotatable bonds is 4. The molecule has 0 spiro atoms. The van der Waals surface area contributed by atoms with Crippen LogP contribution in [0.5, 0.6) is 0 Å². The van der Waals surface area contributed by atoms with Crippen LogP contribution in [-0.4, -0.2) is 20.4 Å². The molecule has 0 radical (unpaired) electrons. The molecule has 2 aromatic heterocycles. The second-order valence-electron chi connectivity index (χ2n) is 5.37. The highest BCUT2D eigenvalue weighted by Gasteiger charge is 2.08. The van der Waals surface area contributed by atoms with E-state index >= 15 is 0 Å². The fraction of sp³-hybridized carbons (Fsp3) is 0.111. The maximum absolute atomic E-state index is 12.2. The van der Waals surface area contributed by atoms with Gasteiger partial charge >= 0.3 is 0 Å². The topological polar surface area (TPSA) is 76.9 Å². The molecule has 0 saturated carbocycles. The number of hydrogen-bond donors (Lipinski definition) is 1. The lowest BCUT2D eigenvalue weighted by Gasteiger charge is -2.07. The molecule has 0 aliphatic rings. The van der Waals surface area contributed by atoms with E-state index in [1.807, 2.05) is 31.2 Å². The zero-order valence-electron chi connectivity index (χ0n) is 13.1. The van der Waals surface area contributed by atoms with E-state index in [0.717, 1.165) is 11.1 Å². The molecule has 0 saturated heterocycles. The number of carbonyl (C=O) groups excluding carboxylic acids is 1. The van der Waals surface area contributed by atoms with Gasteiger partial charge in [-0.05, 0) is 19.1 Å². The average molecular weight is 320 g/mol. The Morgan fingerprint density at radius 1 is 1.12 bits per heavy atom. The Morgan fingerprint density at radius 2 is 1.92 bits per heavy atom. The first kappa shape index (κ1) is 15.6. The van der Waals surface area contributed by atoms with Gasteiger partial charge in [-0.25, -0.2) is 9.97 Å². The Kier molecular flexibility index (Phi) is 4.47. The van der Waals surface area contributed by atoms with Gasteiger partial charge in [-0.15, -0.1) is 0 Å². The Bertz CT molecular complexity index is 902. The molecule has 1 amide bonds. The third kappa shape index (κ3) is 3.73. The van der Waals surface area contributed by atoms with Gasteiger partial charge < -0.3 is 5.32 Å². The largest absolute Gasteiger partial charge is 0.309 e. The van der Waals surface area contributed by atoms with Crippen molar-refractivity contribution in [2.24, 2.45) is 0 Å². The fourth-order valence-electron chi connectivity index (χ4n) is 2.20. The molecule has 6 nitrogen and oxygen atoms in total. The Morgan fingerprint density at radius 3 is 2.58 bits per heavy atom. The second-order valence-corrected chi connectivity index (χ2v) is 5.37. The van der Waals surface area contributed by atoms with Crippen molar-refractivity contribution in [3.05, 3.63) is 77.0 Å². The van der Waals surface area contributed by atoms with Crippen LogP contribution >= 0.6 is 0 Å². The van der Waals surface area contributed by atoms with Gasteiger partial charge in [-0.1, -0.05) is 35.9 Å². The first-order valence-electron chi connectivity index (χ1n) is 7.46. The van der Waals surface area contributed by atoms with Crippen molar-refractivity contribution in [1.29, 1.82) is 0 Å². The first-order chi connectivity index (χ1) is 11.6. The molecule has 1 N–H and O–H groups in total. The van der Waals surface area contributed by atoms with Crippen molar-refractivity contribution < 1.29 is 4.79 Å². The molecule has 24 heavy (non-hydrogen) atoms. The van der Waals surface area contributed by atoms with Crippen LogP contribution in [0.1, 0.15) is 5.56 Å². The summed E-state index contributed by atoms with van der Waals surface area (Å²) < 4.78 is 1.26. The van der Waals surface area contributed by atoms with Crippen LogP contribution in [0.2, 0.25) is 0 Å². The summed E-state index contributed by atoms with van der Waals surface area (Å²) in [4.78, 5) is 32.5. The number of aromatic nitrogens is 3. The summed E-state index contributed by atoms with van der Waals surface area (Å²) in [7, 11) is 0. The van der Waals surface area contributed by atoms with Crippen LogP contribution in [0.4, 0.5) is 5.82 Å². The van der Waals surface area contributed by atoms with E-state index in [4.69, 9.17) is 0 Å². The van der Waals surface area contributed by atoms with Gasteiger partial charge in [0, 0.05) is 17.8 Å². The summed E-state index contributed by atoms with van der Waals surface area (Å²) in [6.07, 6.45) is 2.97. The standard InChI is InChI=1S/C18H16N4O2/c1-13-5-7-14(8-6-13)15-10-18(24)22(12-20-15)11-17(23)21-16-4-2-3-9-19-16/h2-10,12H,11H2,1H3,(H,19,21,23). The molecule has 0 bridgehead atoms. The minimum absolute atomic E-state index is 0.114. The number of hydrogen-bond acceptors (Lipinski definition) is 4. The molecule has 0 aliphatic carbocycles. The summed E-state index contributed by atoms with van der Waals surface area (Å²) in [5, 5.41) is 2.63. The van der Waals surface area contributed by atoms with Crippen molar-refractivity contribution in [1.82, 2.24) is 14.5 Å². The van der Waals surface area contributed by atoms with Gasteiger partial charge in [0.2, 0.25) is 5.91 Å². The molecular formula is C18H16N4O2. The Hall–Kier alpha value is -3.28. The van der Waals surface area contributed by atoms with Gasteiger partial charge in [0.05, 0.1) is 12.0 Å². The third-order valence-corrected chi connectivity index (χ3v) is 3.47. The van der Waals surface area contributed by atoms with E-state index < -0.39 is 0 Å². The second kappa shape index (κ2) is 6.87. The highest BCUT2D eigenvalue weighted by atomic mass is 16.2. The lowest BCUT2D eigenvalue weighted by molar-refractivity contribution is -0.116. The monoisotopic (exact) mass is 320 g/mol. The molecular weight excluding hydrogens is 304 g/mol. The smallest absolute Gasteiger partial charge is 0.254 e. The van der Waals surface area contributed by atoms with E-state index in [1.54, 1.807) is 24.4 Å². The van der Waals surface area contributed by atoms with Crippen molar-refractivity contribution in [3.8, 4) is 11.3 Å². The number of anilines is 1. The maximum Gasteiger partial charge on any atom is 0.254 e. The summed E-state index contributed by atoms with van der Waals surface area (Å²) in [5.41, 5.74) is 2.30. The minimum Gasteiger partial charge on any atom is -0.309 e. The van der Waals surface area contributed by atoms with E-state index in [2.05, 4.69) is 15.3 Å². The van der Waals surface area contributed by atoms with Crippen LogP contribution in [0, 0.1) is 6.92 Å². The van der Waals surface area contributed by atoms with Crippen LogP contribution < -0.4 is 10.9 Å². The number of nitrogens with zero attached hydrogens (tertiary/aromatic N) is 3. The van der Waals surface area contributed by atoms with Crippen LogP contribution in [0.15, 0.2) is 65.8 Å². The van der Waals surface area contributed by atoms with Crippen LogP contribution in [0.3, 0.4) is 0 Å². The van der Waals surface area contributed by atoms with E-state index in [0.29, 0.717) is 11.5 Å². The molecule has 3 aromatic rings. The minimum atomic E-state index is -0.333. The average Bonchev–Trinajstić information content (AvgIpc) is 2.58. The lowest BCUT2D eigenvalue weighted by atomic mass is 10.1. The molecule has 1 aromatic carbocycles. The highest BCUT2D eigenvalue weighted by Crippen LogP contribution is 2.15. The van der Waals surface area contributed by atoms with Crippen molar-refractivity contribution >= 4 is 11.7 Å². The number of nitrogens with one attached hydrogen (secondary N) is 1. The molecule has 2 heterocycles. The number of amides is 1. The maximum atomic E-state index is 12.2. The molecule has 0 atom stereocenters. The Balaban J connectivity index is 1.74. The zero-order valence-corrected chi connectivity index (χ0v) is 13.1. The predicted octanol–water partition coefficient (Wildman–Crippen LogP) is 2.25. The summed E-state index contributed by atoms with van der Waals surface area (Å²) >= 11 is 0. The summed E-state index contributed by atoms with van der Waals surface area (Å²) in [6, 6.07) is 14.4. The van der Waals surface area contributed by atoms with Crippen LogP contribution in [-0.2, 0) is 11.3 Å². The molecule has 6 heteroatoms. The fourth-order valence-corrected chi connectivity index (χ4v) is 2.20. The molecule has 120 valence electrons. The van der Waals surface area contributed by atoms with Gasteiger partial charge in [-0.3, -0.25) is 14.2 Å². The normalized spacial score (nSPS) is 10.4. The molecule has 0 aliphatic heterocycles. The third-order valence-electron chi connectivity index (χ3n) is 3.47. The highest BCUT2D eigenvalue weighted by molar-refractivity contribution is 5.89. The lowest BCUT2D eigenvalue weighted by Crippen LogP contribution is -2.27. The number of aryl methyl sites for hydroxylation is 1. The van der Waals surface area contributed by atoms with Crippen molar-refractivity contribution in [3.63, 3.8) is 0 Å². The van der Waals surface area contributed by atoms with Gasteiger partial charge in [0.25, 0.3) is 5.56 Å². The van der Waals surface area contributed by atoms with Gasteiger partial charge in [-0.2, -0.15) is 0 Å². The number of carbonyl (C=O) groups is 1. The molecule has 0 fully saturated rings. The number of benzene rings is 1. The predicted molar refractivity (Wildman–Crippen MR) is 91.5 cm³/mol. The van der Waals surface area contributed by atoms with Crippen molar-refractivity contribution in [2.45, 2.75) is 13.5 Å². The SMILES string of the molecule is Cc1ccc(-c2cc(=O)n(CC(=O)Nc3ccccn3)cn2)cc1. The molecule has 0 unspecified atom stereocenters. The van der Waals surface area contributed by atoms with E-state index in [-0.39, 0.29) is 18.0 Å². The van der Waals surface area contributed by atoms with Gasteiger partial charge in [0.15, 0.2) is 0 Å². The molecule has 3 rings (SSSR count). The summed E-state index contributed by atoms with van der Waals surface area (Å²) in [6.45, 7) is 1.88. The first-order valence-corrected chi connectivity index (χ1v) is 7.46.